The molecule has 2 aromatic rings. The van der Waals surface area contributed by atoms with E-state index in [1.807, 2.05) is 12.1 Å². The van der Waals surface area contributed by atoms with E-state index in [1.54, 1.807) is 24.5 Å². The molecule has 0 fully saturated rings. The van der Waals surface area contributed by atoms with Gasteiger partial charge in [-0.2, -0.15) is 0 Å². The molecule has 102 valence electrons. The second kappa shape index (κ2) is 6.45. The maximum atomic E-state index is 6.32. The van der Waals surface area contributed by atoms with Crippen molar-refractivity contribution in [3.05, 3.63) is 46.4 Å². The highest BCUT2D eigenvalue weighted by molar-refractivity contribution is 9.13. The minimum Gasteiger partial charge on any atom is -0.495 e. The fourth-order valence-electron chi connectivity index (χ4n) is 1.70. The Labute approximate surface area is 145 Å². The lowest BCUT2D eigenvalue weighted by atomic mass is 10.1. The van der Waals surface area contributed by atoms with Crippen LogP contribution >= 0.6 is 70.7 Å². The van der Waals surface area contributed by atoms with Crippen LogP contribution in [0.15, 0.2) is 30.9 Å². The van der Waals surface area contributed by atoms with Crippen LogP contribution in [0.3, 0.4) is 0 Å². The molecular formula is C12H9Br3ClNOS. The lowest BCUT2D eigenvalue weighted by molar-refractivity contribution is 0.405. The highest BCUT2D eigenvalue weighted by Crippen LogP contribution is 2.41. The van der Waals surface area contributed by atoms with Crippen molar-refractivity contribution in [1.29, 1.82) is 0 Å². The number of rotatable bonds is 3. The van der Waals surface area contributed by atoms with Gasteiger partial charge in [-0.25, -0.2) is 0 Å². The van der Waals surface area contributed by atoms with Gasteiger partial charge < -0.3 is 10.5 Å². The first-order valence-electron chi connectivity index (χ1n) is 5.17. The Hall–Kier alpha value is 0.410. The van der Waals surface area contributed by atoms with Gasteiger partial charge in [0.25, 0.3) is 0 Å². The zero-order valence-electron chi connectivity index (χ0n) is 9.72. The van der Waals surface area contributed by atoms with Crippen molar-refractivity contribution in [1.82, 2.24) is 0 Å². The summed E-state index contributed by atoms with van der Waals surface area (Å²) in [6.07, 6.45) is 0. The van der Waals surface area contributed by atoms with Crippen molar-refractivity contribution in [3.8, 4) is 5.75 Å². The van der Waals surface area contributed by atoms with Gasteiger partial charge in [0.15, 0.2) is 0 Å². The van der Waals surface area contributed by atoms with Crippen LogP contribution in [0.4, 0.5) is 0 Å². The summed E-state index contributed by atoms with van der Waals surface area (Å²) < 4.78 is 8.20. The fourth-order valence-corrected chi connectivity index (χ4v) is 4.80. The van der Waals surface area contributed by atoms with E-state index in [9.17, 15) is 0 Å². The number of thiophene rings is 1. The van der Waals surface area contributed by atoms with Crippen molar-refractivity contribution < 1.29 is 4.74 Å². The van der Waals surface area contributed by atoms with Crippen molar-refractivity contribution >= 4 is 70.7 Å². The number of methoxy groups -OCH3 is 1. The van der Waals surface area contributed by atoms with Crippen LogP contribution in [0.2, 0.25) is 5.02 Å². The van der Waals surface area contributed by atoms with Crippen LogP contribution in [0.5, 0.6) is 5.75 Å². The third kappa shape index (κ3) is 3.36. The summed E-state index contributed by atoms with van der Waals surface area (Å²) in [5.74, 6) is 0.706. The molecule has 0 spiro atoms. The molecule has 2 nitrogen and oxygen atoms in total. The van der Waals surface area contributed by atoms with Crippen LogP contribution in [0.1, 0.15) is 16.5 Å². The predicted molar refractivity (Wildman–Crippen MR) is 91.5 cm³/mol. The first-order chi connectivity index (χ1) is 8.93. The molecule has 0 saturated carbocycles. The number of ether oxygens (including phenoxy) is 1. The maximum Gasteiger partial charge on any atom is 0.138 e. The third-order valence-electron chi connectivity index (χ3n) is 2.55. The molecule has 0 amide bonds. The molecule has 19 heavy (non-hydrogen) atoms. The van der Waals surface area contributed by atoms with Gasteiger partial charge in [0, 0.05) is 19.9 Å². The molecule has 1 aromatic heterocycles. The number of hydrogen-bond donors (Lipinski definition) is 1. The average Bonchev–Trinajstić information content (AvgIpc) is 2.68. The lowest BCUT2D eigenvalue weighted by Gasteiger charge is -2.16. The molecule has 0 aliphatic carbocycles. The van der Waals surface area contributed by atoms with Crippen LogP contribution in [0, 0.1) is 0 Å². The van der Waals surface area contributed by atoms with Crippen LogP contribution in [-0.4, -0.2) is 7.11 Å². The SMILES string of the molecule is COc1c(Br)cc(Cl)cc1C(N)c1cc(Br)c(Br)s1. The lowest BCUT2D eigenvalue weighted by Crippen LogP contribution is -2.12. The molecule has 1 heterocycles. The summed E-state index contributed by atoms with van der Waals surface area (Å²) >= 11 is 18.0. The summed E-state index contributed by atoms with van der Waals surface area (Å²) in [4.78, 5) is 1.02. The van der Waals surface area contributed by atoms with E-state index >= 15 is 0 Å². The fraction of sp³-hybridized carbons (Fsp3) is 0.167. The van der Waals surface area contributed by atoms with E-state index in [0.29, 0.717) is 10.8 Å². The highest BCUT2D eigenvalue weighted by Gasteiger charge is 2.20. The van der Waals surface area contributed by atoms with Crippen LogP contribution in [-0.2, 0) is 0 Å². The third-order valence-corrected chi connectivity index (χ3v) is 6.69. The summed E-state index contributed by atoms with van der Waals surface area (Å²) in [6.45, 7) is 0. The number of nitrogens with two attached hydrogens (primary N) is 1. The van der Waals surface area contributed by atoms with Gasteiger partial charge in [-0.1, -0.05) is 11.6 Å². The van der Waals surface area contributed by atoms with Crippen molar-refractivity contribution in [3.63, 3.8) is 0 Å². The Kier molecular flexibility index (Phi) is 5.36. The van der Waals surface area contributed by atoms with Gasteiger partial charge >= 0.3 is 0 Å². The second-order valence-corrected chi connectivity index (χ2v) is 8.30. The minimum atomic E-state index is -0.294. The first kappa shape index (κ1) is 15.8. The average molecular weight is 490 g/mol. The number of benzene rings is 1. The van der Waals surface area contributed by atoms with Crippen molar-refractivity contribution in [2.75, 3.05) is 7.11 Å². The topological polar surface area (TPSA) is 35.2 Å². The molecule has 0 aliphatic heterocycles. The van der Waals surface area contributed by atoms with Gasteiger partial charge in [0.1, 0.15) is 5.75 Å². The number of hydrogen-bond acceptors (Lipinski definition) is 3. The van der Waals surface area contributed by atoms with Crippen LogP contribution in [0.25, 0.3) is 0 Å². The normalized spacial score (nSPS) is 12.5. The van der Waals surface area contributed by atoms with Gasteiger partial charge in [-0.3, -0.25) is 0 Å². The molecule has 1 unspecified atom stereocenters. The zero-order valence-corrected chi connectivity index (χ0v) is 16.0. The van der Waals surface area contributed by atoms with E-state index < -0.39 is 0 Å². The molecule has 7 heteroatoms. The summed E-state index contributed by atoms with van der Waals surface area (Å²) in [6, 6.07) is 5.32. The first-order valence-corrected chi connectivity index (χ1v) is 8.74. The minimum absolute atomic E-state index is 0.294. The molecular weight excluding hydrogens is 481 g/mol. The smallest absolute Gasteiger partial charge is 0.138 e. The molecule has 0 saturated heterocycles. The van der Waals surface area contributed by atoms with Crippen molar-refractivity contribution in [2.45, 2.75) is 6.04 Å². The van der Waals surface area contributed by atoms with Gasteiger partial charge in [-0.05, 0) is 66.0 Å². The molecule has 0 radical (unpaired) electrons. The largest absolute Gasteiger partial charge is 0.495 e. The number of halogens is 4. The Morgan fingerprint density at radius 2 is 1.89 bits per heavy atom. The van der Waals surface area contributed by atoms with Crippen molar-refractivity contribution in [2.24, 2.45) is 5.73 Å². The molecule has 0 bridgehead atoms. The molecule has 1 atom stereocenters. The monoisotopic (exact) mass is 487 g/mol. The van der Waals surface area contributed by atoms with E-state index in [2.05, 4.69) is 47.8 Å². The molecule has 0 aliphatic rings. The summed E-state index contributed by atoms with van der Waals surface area (Å²) in [7, 11) is 1.62. The summed E-state index contributed by atoms with van der Waals surface area (Å²) in [5.41, 5.74) is 7.17. The van der Waals surface area contributed by atoms with Gasteiger partial charge in [-0.15, -0.1) is 11.3 Å². The molecule has 2 rings (SSSR count). The summed E-state index contributed by atoms with van der Waals surface area (Å²) in [5, 5.41) is 0.618. The predicted octanol–water partition coefficient (Wildman–Crippen LogP) is 5.75. The Bertz CT molecular complexity index is 598. The Balaban J connectivity index is 2.51. The van der Waals surface area contributed by atoms with Gasteiger partial charge in [0.2, 0.25) is 0 Å². The van der Waals surface area contributed by atoms with E-state index in [4.69, 9.17) is 22.1 Å². The Morgan fingerprint density at radius 3 is 2.42 bits per heavy atom. The quantitative estimate of drug-likeness (QED) is 0.595. The van der Waals surface area contributed by atoms with E-state index in [1.165, 1.54) is 0 Å². The van der Waals surface area contributed by atoms with E-state index in [-0.39, 0.29) is 6.04 Å². The second-order valence-electron chi connectivity index (χ2n) is 3.76. The Morgan fingerprint density at radius 1 is 1.21 bits per heavy atom. The van der Waals surface area contributed by atoms with Gasteiger partial charge in [0.05, 0.1) is 21.4 Å². The highest BCUT2D eigenvalue weighted by atomic mass is 79.9. The zero-order chi connectivity index (χ0) is 14.2. The maximum absolute atomic E-state index is 6.32. The van der Waals surface area contributed by atoms with Crippen LogP contribution < -0.4 is 10.5 Å². The standard InChI is InChI=1S/C12H9Br3ClNOS/c1-18-11-6(2-5(16)3-7(11)13)10(17)9-4-8(14)12(15)19-9/h2-4,10H,17H2,1H3. The van der Waals surface area contributed by atoms with E-state index in [0.717, 1.165) is 23.2 Å². The molecule has 1 aromatic carbocycles. The molecule has 2 N–H and O–H groups in total.